The van der Waals surface area contributed by atoms with Crippen molar-refractivity contribution in [3.63, 3.8) is 0 Å². The number of rotatable bonds is 7. The summed E-state index contributed by atoms with van der Waals surface area (Å²) in [7, 11) is 0. The third-order valence-electron chi connectivity index (χ3n) is 3.45. The summed E-state index contributed by atoms with van der Waals surface area (Å²) in [5.41, 5.74) is 2.30. The van der Waals surface area contributed by atoms with Gasteiger partial charge in [0, 0.05) is 13.0 Å². The summed E-state index contributed by atoms with van der Waals surface area (Å²) in [5, 5.41) is 8.60. The molecule has 0 amide bonds. The van der Waals surface area contributed by atoms with Gasteiger partial charge in [-0.3, -0.25) is 4.79 Å². The van der Waals surface area contributed by atoms with Crippen LogP contribution in [0.2, 0.25) is 0 Å². The zero-order valence-corrected chi connectivity index (χ0v) is 11.7. The number of benzene rings is 1. The Labute approximate surface area is 119 Å². The molecule has 1 aliphatic heterocycles. The van der Waals surface area contributed by atoms with Gasteiger partial charge < -0.3 is 14.6 Å². The molecule has 0 spiro atoms. The minimum atomic E-state index is -0.734. The van der Waals surface area contributed by atoms with Crippen molar-refractivity contribution < 1.29 is 19.4 Å². The van der Waals surface area contributed by atoms with Crippen LogP contribution in [0.15, 0.2) is 24.3 Å². The molecule has 0 aliphatic carbocycles. The second-order valence-corrected chi connectivity index (χ2v) is 5.17. The van der Waals surface area contributed by atoms with E-state index in [9.17, 15) is 4.79 Å². The first-order valence-electron chi connectivity index (χ1n) is 7.27. The second-order valence-electron chi connectivity index (χ2n) is 5.17. The molecular weight excluding hydrogens is 256 g/mol. The van der Waals surface area contributed by atoms with Gasteiger partial charge in [-0.2, -0.15) is 0 Å². The fourth-order valence-corrected chi connectivity index (χ4v) is 2.28. The van der Waals surface area contributed by atoms with Crippen LogP contribution in [-0.2, 0) is 27.3 Å². The van der Waals surface area contributed by atoms with Gasteiger partial charge in [0.25, 0.3) is 0 Å². The number of carboxylic acids is 1. The van der Waals surface area contributed by atoms with Gasteiger partial charge in [0.15, 0.2) is 6.29 Å². The molecule has 4 heteroatoms. The summed E-state index contributed by atoms with van der Waals surface area (Å²) < 4.78 is 11.2. The number of aryl methyl sites for hydroxylation is 1. The summed E-state index contributed by atoms with van der Waals surface area (Å²) in [6.45, 7) is 1.37. The molecule has 0 saturated carbocycles. The van der Waals surface area contributed by atoms with Gasteiger partial charge in [-0.05, 0) is 43.2 Å². The van der Waals surface area contributed by atoms with Crippen LogP contribution in [0.5, 0.6) is 0 Å². The Morgan fingerprint density at radius 1 is 1.25 bits per heavy atom. The van der Waals surface area contributed by atoms with Crippen molar-refractivity contribution in [1.82, 2.24) is 0 Å². The van der Waals surface area contributed by atoms with Gasteiger partial charge >= 0.3 is 5.97 Å². The summed E-state index contributed by atoms with van der Waals surface area (Å²) in [6.07, 6.45) is 4.94. The predicted molar refractivity (Wildman–Crippen MR) is 75.4 cm³/mol. The lowest BCUT2D eigenvalue weighted by atomic mass is 10.1. The molecule has 1 saturated heterocycles. The number of aliphatic carboxylic acids is 1. The Hall–Kier alpha value is -1.39. The molecule has 1 fully saturated rings. The average molecular weight is 278 g/mol. The normalized spacial score (nSPS) is 18.9. The molecule has 2 rings (SSSR count). The molecule has 4 nitrogen and oxygen atoms in total. The first-order valence-corrected chi connectivity index (χ1v) is 7.27. The number of hydrogen-bond donors (Lipinski definition) is 1. The van der Waals surface area contributed by atoms with E-state index in [2.05, 4.69) is 0 Å². The standard InChI is InChI=1S/C16H22O4/c17-15(18)5-3-4-13-7-9-14(10-8-13)12-20-16-6-1-2-11-19-16/h7-10,16H,1-6,11-12H2,(H,17,18). The first kappa shape index (κ1) is 15.0. The minimum Gasteiger partial charge on any atom is -0.481 e. The lowest BCUT2D eigenvalue weighted by molar-refractivity contribution is -0.168. The number of hydrogen-bond acceptors (Lipinski definition) is 3. The first-order chi connectivity index (χ1) is 9.74. The van der Waals surface area contributed by atoms with Gasteiger partial charge in [0.05, 0.1) is 6.61 Å². The molecule has 1 aromatic carbocycles. The van der Waals surface area contributed by atoms with Crippen LogP contribution in [0.25, 0.3) is 0 Å². The van der Waals surface area contributed by atoms with Gasteiger partial charge in [-0.15, -0.1) is 0 Å². The SMILES string of the molecule is O=C(O)CCCc1ccc(COC2CCCCO2)cc1. The summed E-state index contributed by atoms with van der Waals surface area (Å²) >= 11 is 0. The maximum absolute atomic E-state index is 10.5. The maximum atomic E-state index is 10.5. The van der Waals surface area contributed by atoms with E-state index in [0.717, 1.165) is 31.4 Å². The van der Waals surface area contributed by atoms with Crippen molar-refractivity contribution in [2.45, 2.75) is 51.4 Å². The maximum Gasteiger partial charge on any atom is 0.303 e. The molecule has 1 heterocycles. The highest BCUT2D eigenvalue weighted by molar-refractivity contribution is 5.66. The van der Waals surface area contributed by atoms with Crippen molar-refractivity contribution in [1.29, 1.82) is 0 Å². The zero-order chi connectivity index (χ0) is 14.2. The third kappa shape index (κ3) is 5.31. The summed E-state index contributed by atoms with van der Waals surface area (Å²) in [5.74, 6) is -0.734. The second kappa shape index (κ2) is 8.02. The molecule has 1 aromatic rings. The lowest BCUT2D eigenvalue weighted by Gasteiger charge is -2.22. The molecule has 1 atom stereocenters. The number of carboxylic acid groups (broad SMARTS) is 1. The number of ether oxygens (including phenoxy) is 2. The average Bonchev–Trinajstić information content (AvgIpc) is 2.47. The Kier molecular flexibility index (Phi) is 6.02. The summed E-state index contributed by atoms with van der Waals surface area (Å²) in [6, 6.07) is 8.17. The van der Waals surface area contributed by atoms with E-state index in [-0.39, 0.29) is 12.7 Å². The molecule has 20 heavy (non-hydrogen) atoms. The van der Waals surface area contributed by atoms with Crippen LogP contribution in [0.1, 0.15) is 43.2 Å². The van der Waals surface area contributed by atoms with E-state index in [1.165, 1.54) is 12.0 Å². The molecule has 110 valence electrons. The molecule has 0 radical (unpaired) electrons. The Morgan fingerprint density at radius 3 is 2.65 bits per heavy atom. The van der Waals surface area contributed by atoms with Crippen molar-refractivity contribution in [3.05, 3.63) is 35.4 Å². The highest BCUT2D eigenvalue weighted by atomic mass is 16.7. The smallest absolute Gasteiger partial charge is 0.303 e. The van der Waals surface area contributed by atoms with Gasteiger partial charge in [0.2, 0.25) is 0 Å². The van der Waals surface area contributed by atoms with Crippen LogP contribution >= 0.6 is 0 Å². The third-order valence-corrected chi connectivity index (χ3v) is 3.45. The van der Waals surface area contributed by atoms with Crippen LogP contribution < -0.4 is 0 Å². The molecule has 1 unspecified atom stereocenters. The highest BCUT2D eigenvalue weighted by Gasteiger charge is 2.13. The Morgan fingerprint density at radius 2 is 2.00 bits per heavy atom. The van der Waals surface area contributed by atoms with Crippen LogP contribution in [0, 0.1) is 0 Å². The van der Waals surface area contributed by atoms with Crippen LogP contribution in [-0.4, -0.2) is 24.0 Å². The zero-order valence-electron chi connectivity index (χ0n) is 11.7. The molecule has 0 bridgehead atoms. The Balaban J connectivity index is 1.71. The molecule has 1 aliphatic rings. The van der Waals surface area contributed by atoms with E-state index < -0.39 is 5.97 Å². The van der Waals surface area contributed by atoms with Crippen molar-refractivity contribution >= 4 is 5.97 Å². The molecule has 1 N–H and O–H groups in total. The topological polar surface area (TPSA) is 55.8 Å². The van der Waals surface area contributed by atoms with E-state index in [4.69, 9.17) is 14.6 Å². The quantitative estimate of drug-likeness (QED) is 0.832. The van der Waals surface area contributed by atoms with Gasteiger partial charge in [-0.25, -0.2) is 0 Å². The van der Waals surface area contributed by atoms with E-state index >= 15 is 0 Å². The van der Waals surface area contributed by atoms with E-state index in [1.54, 1.807) is 0 Å². The number of carbonyl (C=O) groups is 1. The van der Waals surface area contributed by atoms with Crippen molar-refractivity contribution in [3.8, 4) is 0 Å². The molecular formula is C16H22O4. The highest BCUT2D eigenvalue weighted by Crippen LogP contribution is 2.16. The van der Waals surface area contributed by atoms with Crippen LogP contribution in [0.4, 0.5) is 0 Å². The van der Waals surface area contributed by atoms with Crippen molar-refractivity contribution in [2.24, 2.45) is 0 Å². The van der Waals surface area contributed by atoms with Gasteiger partial charge in [0.1, 0.15) is 0 Å². The fourth-order valence-electron chi connectivity index (χ4n) is 2.28. The van der Waals surface area contributed by atoms with Crippen molar-refractivity contribution in [2.75, 3.05) is 6.61 Å². The molecule has 0 aromatic heterocycles. The van der Waals surface area contributed by atoms with Crippen LogP contribution in [0.3, 0.4) is 0 Å². The van der Waals surface area contributed by atoms with E-state index in [0.29, 0.717) is 13.0 Å². The predicted octanol–water partition coefficient (Wildman–Crippen LogP) is 3.14. The lowest BCUT2D eigenvalue weighted by Crippen LogP contribution is -2.21. The summed E-state index contributed by atoms with van der Waals surface area (Å²) in [4.78, 5) is 10.5. The monoisotopic (exact) mass is 278 g/mol. The largest absolute Gasteiger partial charge is 0.481 e. The minimum absolute atomic E-state index is 0.0565. The Bertz CT molecular complexity index is 407. The van der Waals surface area contributed by atoms with Gasteiger partial charge in [-0.1, -0.05) is 24.3 Å². The fraction of sp³-hybridized carbons (Fsp3) is 0.562. The van der Waals surface area contributed by atoms with E-state index in [1.807, 2.05) is 24.3 Å².